The van der Waals surface area contributed by atoms with Crippen LogP contribution in [0.2, 0.25) is 0 Å². The average molecular weight is 294 g/mol. The molecule has 0 atom stereocenters. The van der Waals surface area contributed by atoms with E-state index in [2.05, 4.69) is 56.3 Å². The van der Waals surface area contributed by atoms with Gasteiger partial charge in [-0.25, -0.2) is 0 Å². The summed E-state index contributed by atoms with van der Waals surface area (Å²) in [4.78, 5) is 5.10. The van der Waals surface area contributed by atoms with E-state index in [4.69, 9.17) is 4.74 Å². The second-order valence-electron chi connectivity index (χ2n) is 7.52. The van der Waals surface area contributed by atoms with Crippen molar-refractivity contribution in [3.8, 4) is 11.8 Å². The van der Waals surface area contributed by atoms with Crippen molar-refractivity contribution in [2.75, 3.05) is 52.5 Å². The molecular weight excluding hydrogens is 260 g/mol. The third kappa shape index (κ3) is 9.90. The van der Waals surface area contributed by atoms with E-state index in [1.807, 2.05) is 0 Å². The number of ether oxygens (including phenoxy) is 1. The van der Waals surface area contributed by atoms with Crippen LogP contribution in [0.25, 0.3) is 0 Å². The smallest absolute Gasteiger partial charge is 0.107 e. The maximum Gasteiger partial charge on any atom is 0.107 e. The molecule has 0 aliphatic carbocycles. The predicted octanol–water partition coefficient (Wildman–Crippen LogP) is 2.72. The van der Waals surface area contributed by atoms with E-state index in [1.165, 1.54) is 39.1 Å². The van der Waals surface area contributed by atoms with E-state index in [-0.39, 0.29) is 0 Å². The summed E-state index contributed by atoms with van der Waals surface area (Å²) in [5.74, 6) is 6.62. The number of piperazine rings is 1. The van der Waals surface area contributed by atoms with Gasteiger partial charge in [-0.3, -0.25) is 4.90 Å². The van der Waals surface area contributed by atoms with Gasteiger partial charge in [-0.15, -0.1) is 0 Å². The lowest BCUT2D eigenvalue weighted by atomic mass is 9.92. The Morgan fingerprint density at radius 3 is 2.10 bits per heavy atom. The van der Waals surface area contributed by atoms with Gasteiger partial charge in [-0.1, -0.05) is 46.5 Å². The van der Waals surface area contributed by atoms with Gasteiger partial charge in [0.15, 0.2) is 0 Å². The Morgan fingerprint density at radius 1 is 1.00 bits per heavy atom. The third-order valence-electron chi connectivity index (χ3n) is 3.76. The molecule has 21 heavy (non-hydrogen) atoms. The van der Waals surface area contributed by atoms with Crippen LogP contribution in [0.1, 0.15) is 41.0 Å². The van der Waals surface area contributed by atoms with E-state index >= 15 is 0 Å². The van der Waals surface area contributed by atoms with Gasteiger partial charge in [0.1, 0.15) is 6.61 Å². The highest BCUT2D eigenvalue weighted by Crippen LogP contribution is 2.19. The summed E-state index contributed by atoms with van der Waals surface area (Å²) < 4.78 is 5.58. The molecule has 1 fully saturated rings. The number of nitrogens with zero attached hydrogens (tertiary/aromatic N) is 2. The second-order valence-corrected chi connectivity index (χ2v) is 7.52. The highest BCUT2D eigenvalue weighted by Gasteiger charge is 2.18. The van der Waals surface area contributed by atoms with Crippen LogP contribution in [-0.2, 0) is 4.74 Å². The Hall–Kier alpha value is -0.560. The first-order valence-corrected chi connectivity index (χ1v) is 8.38. The fraction of sp³-hybridized carbons (Fsp3) is 0.889. The van der Waals surface area contributed by atoms with Gasteiger partial charge in [-0.05, 0) is 18.4 Å². The first-order valence-electron chi connectivity index (χ1n) is 8.38. The van der Waals surface area contributed by atoms with Crippen molar-refractivity contribution in [3.05, 3.63) is 0 Å². The number of hydrogen-bond acceptors (Lipinski definition) is 3. The fourth-order valence-corrected chi connectivity index (χ4v) is 2.29. The van der Waals surface area contributed by atoms with Gasteiger partial charge >= 0.3 is 0 Å². The topological polar surface area (TPSA) is 15.7 Å². The highest BCUT2D eigenvalue weighted by molar-refractivity contribution is 5.01. The van der Waals surface area contributed by atoms with Crippen LogP contribution in [0, 0.1) is 23.2 Å². The summed E-state index contributed by atoms with van der Waals surface area (Å²) in [6.07, 6.45) is 1.28. The lowest BCUT2D eigenvalue weighted by molar-refractivity contribution is 0.0834. The minimum atomic E-state index is 0.440. The zero-order chi connectivity index (χ0) is 15.7. The largest absolute Gasteiger partial charge is 0.367 e. The van der Waals surface area contributed by atoms with Crippen LogP contribution in [0.3, 0.4) is 0 Å². The maximum atomic E-state index is 5.58. The van der Waals surface area contributed by atoms with Crippen molar-refractivity contribution < 1.29 is 4.74 Å². The Balaban J connectivity index is 2.05. The molecule has 1 heterocycles. The molecule has 0 aromatic rings. The normalized spacial score (nSPS) is 17.8. The first kappa shape index (κ1) is 18.5. The van der Waals surface area contributed by atoms with Crippen LogP contribution in [0.15, 0.2) is 0 Å². The van der Waals surface area contributed by atoms with Crippen LogP contribution in [0.5, 0.6) is 0 Å². The first-order chi connectivity index (χ1) is 9.87. The summed E-state index contributed by atoms with van der Waals surface area (Å²) in [7, 11) is 0. The van der Waals surface area contributed by atoms with Crippen molar-refractivity contribution in [2.24, 2.45) is 11.3 Å². The molecular formula is C18H34N2O. The van der Waals surface area contributed by atoms with E-state index < -0.39 is 0 Å². The van der Waals surface area contributed by atoms with Crippen molar-refractivity contribution in [3.63, 3.8) is 0 Å². The monoisotopic (exact) mass is 294 g/mol. The van der Waals surface area contributed by atoms with Crippen LogP contribution in [0.4, 0.5) is 0 Å². The predicted molar refractivity (Wildman–Crippen MR) is 90.4 cm³/mol. The summed E-state index contributed by atoms with van der Waals surface area (Å²) >= 11 is 0. The molecule has 0 aromatic carbocycles. The van der Waals surface area contributed by atoms with Gasteiger partial charge in [0.2, 0.25) is 0 Å². The molecule has 122 valence electrons. The molecule has 0 N–H and O–H groups in total. The van der Waals surface area contributed by atoms with Crippen LogP contribution >= 0.6 is 0 Å². The maximum absolute atomic E-state index is 5.58. The molecule has 0 amide bonds. The Bertz CT molecular complexity index is 327. The molecule has 0 unspecified atom stereocenters. The van der Waals surface area contributed by atoms with Gasteiger partial charge < -0.3 is 9.64 Å². The van der Waals surface area contributed by atoms with Crippen molar-refractivity contribution in [2.45, 2.75) is 41.0 Å². The minimum absolute atomic E-state index is 0.440. The van der Waals surface area contributed by atoms with E-state index in [9.17, 15) is 0 Å². The zero-order valence-corrected chi connectivity index (χ0v) is 14.7. The highest BCUT2D eigenvalue weighted by atomic mass is 16.5. The molecule has 1 aliphatic rings. The molecule has 0 radical (unpaired) electrons. The van der Waals surface area contributed by atoms with Crippen LogP contribution < -0.4 is 0 Å². The Kier molecular flexibility index (Phi) is 8.33. The van der Waals surface area contributed by atoms with Crippen LogP contribution in [-0.4, -0.2) is 62.3 Å². The summed E-state index contributed by atoms with van der Waals surface area (Å²) in [5, 5.41) is 0. The quantitative estimate of drug-likeness (QED) is 0.553. The molecule has 0 bridgehead atoms. The standard InChI is InChI=1S/C18H34N2O/c1-17(2)7-6-15-21-16-14-20-12-10-19(11-13-20)9-8-18(3,4)5/h17H,8-16H2,1-5H3. The SMILES string of the molecule is CC(C)C#CCOCCN1CCN(CCC(C)(C)C)CC1. The van der Waals surface area contributed by atoms with Crippen molar-refractivity contribution in [1.29, 1.82) is 0 Å². The van der Waals surface area contributed by atoms with Gasteiger partial charge in [-0.2, -0.15) is 0 Å². The molecule has 1 rings (SSSR count). The minimum Gasteiger partial charge on any atom is -0.367 e. The molecule has 3 nitrogen and oxygen atoms in total. The fourth-order valence-electron chi connectivity index (χ4n) is 2.29. The van der Waals surface area contributed by atoms with E-state index in [0.29, 0.717) is 17.9 Å². The molecule has 1 saturated heterocycles. The molecule has 0 aromatic heterocycles. The number of rotatable bonds is 6. The van der Waals surface area contributed by atoms with Gasteiger partial charge in [0.25, 0.3) is 0 Å². The third-order valence-corrected chi connectivity index (χ3v) is 3.76. The molecule has 0 spiro atoms. The van der Waals surface area contributed by atoms with E-state index in [0.717, 1.165) is 13.2 Å². The summed E-state index contributed by atoms with van der Waals surface area (Å²) in [6, 6.07) is 0. The van der Waals surface area contributed by atoms with Crippen molar-refractivity contribution >= 4 is 0 Å². The lowest BCUT2D eigenvalue weighted by Gasteiger charge is -2.35. The van der Waals surface area contributed by atoms with Crippen molar-refractivity contribution in [1.82, 2.24) is 9.80 Å². The second kappa shape index (κ2) is 9.46. The zero-order valence-electron chi connectivity index (χ0n) is 14.7. The summed E-state index contributed by atoms with van der Waals surface area (Å²) in [6.45, 7) is 19.6. The number of hydrogen-bond donors (Lipinski definition) is 0. The van der Waals surface area contributed by atoms with Gasteiger partial charge in [0, 0.05) is 38.6 Å². The molecule has 0 saturated carbocycles. The lowest BCUT2D eigenvalue weighted by Crippen LogP contribution is -2.47. The average Bonchev–Trinajstić information content (AvgIpc) is 2.40. The van der Waals surface area contributed by atoms with Gasteiger partial charge in [0.05, 0.1) is 6.61 Å². The molecule has 3 heteroatoms. The summed E-state index contributed by atoms with van der Waals surface area (Å²) in [5.41, 5.74) is 0.446. The Labute approximate surface area is 132 Å². The molecule has 1 aliphatic heterocycles. The van der Waals surface area contributed by atoms with E-state index in [1.54, 1.807) is 0 Å². The Morgan fingerprint density at radius 2 is 1.57 bits per heavy atom.